The summed E-state index contributed by atoms with van der Waals surface area (Å²) in [6.07, 6.45) is 4.04. The lowest BCUT2D eigenvalue weighted by Crippen LogP contribution is -2.45. The quantitative estimate of drug-likeness (QED) is 0.263. The molecule has 8 heteroatoms. The molecule has 35 heavy (non-hydrogen) atoms. The average molecular weight is 506 g/mol. The van der Waals surface area contributed by atoms with Gasteiger partial charge in [0, 0.05) is 29.8 Å². The van der Waals surface area contributed by atoms with E-state index < -0.39 is 18.4 Å². The van der Waals surface area contributed by atoms with E-state index in [0.29, 0.717) is 30.7 Å². The summed E-state index contributed by atoms with van der Waals surface area (Å²) in [5.41, 5.74) is 1.62. The summed E-state index contributed by atoms with van der Waals surface area (Å²) in [6, 6.07) is 8.26. The monoisotopic (exact) mass is 505 g/mol. The molecule has 0 aliphatic carbocycles. The Morgan fingerprint density at radius 1 is 1.26 bits per heavy atom. The molecule has 1 fully saturated rings. The van der Waals surface area contributed by atoms with Crippen LogP contribution in [0.1, 0.15) is 64.3 Å². The highest BCUT2D eigenvalue weighted by atomic mass is 32.1. The predicted octanol–water partition coefficient (Wildman–Crippen LogP) is 6.81. The lowest BCUT2D eigenvalue weighted by atomic mass is 9.99. The number of carbonyl (C=O) groups is 2. The third-order valence-corrected chi connectivity index (χ3v) is 6.80. The number of hydrogen-bond acceptors (Lipinski definition) is 5. The minimum Gasteiger partial charge on any atom is -0.459 e. The maximum absolute atomic E-state index is 14.8. The molecule has 0 spiro atoms. The number of thiophene rings is 1. The average Bonchev–Trinajstić information content (AvgIpc) is 3.23. The van der Waals surface area contributed by atoms with E-state index in [1.807, 2.05) is 26.0 Å². The van der Waals surface area contributed by atoms with Gasteiger partial charge in [-0.3, -0.25) is 0 Å². The number of esters is 1. The van der Waals surface area contributed by atoms with Gasteiger partial charge in [0.05, 0.1) is 18.8 Å². The largest absolute Gasteiger partial charge is 0.459 e. The molecule has 1 aromatic heterocycles. The van der Waals surface area contributed by atoms with Crippen molar-refractivity contribution >= 4 is 23.4 Å². The van der Waals surface area contributed by atoms with Crippen LogP contribution in [0.4, 0.5) is 13.6 Å². The Balaban J connectivity index is 1.57. The molecule has 1 amide bonds. The van der Waals surface area contributed by atoms with Gasteiger partial charge < -0.3 is 14.4 Å². The van der Waals surface area contributed by atoms with Crippen molar-refractivity contribution < 1.29 is 27.8 Å². The highest BCUT2D eigenvalue weighted by Gasteiger charge is 2.31. The molecule has 0 unspecified atom stereocenters. The van der Waals surface area contributed by atoms with E-state index in [1.165, 1.54) is 29.5 Å². The Kier molecular flexibility index (Phi) is 9.05. The van der Waals surface area contributed by atoms with Crippen molar-refractivity contribution in [1.82, 2.24) is 4.90 Å². The van der Waals surface area contributed by atoms with Crippen molar-refractivity contribution in [2.24, 2.45) is 0 Å². The van der Waals surface area contributed by atoms with Crippen LogP contribution in [0.25, 0.3) is 0 Å². The molecule has 0 N–H and O–H groups in total. The standard InChI is InChI=1S/C27H33F2NO4S/c1-18(2)34-25(31)24-10-9-23(35-24)8-6-13-30-22(11-14-33-26(30)32)7-5-12-27(28,29)21-16-19(3)15-20(4)17-21/h5,7,9-10,15-18,22H,6,8,11-14H2,1-4H3/b7-5+/t22-/m0/s1. The van der Waals surface area contributed by atoms with Crippen molar-refractivity contribution in [2.45, 2.75) is 71.4 Å². The number of amides is 1. The van der Waals surface area contributed by atoms with Crippen molar-refractivity contribution in [3.8, 4) is 0 Å². The molecule has 0 radical (unpaired) electrons. The highest BCUT2D eigenvalue weighted by Crippen LogP contribution is 2.33. The van der Waals surface area contributed by atoms with Crippen LogP contribution in [0, 0.1) is 13.8 Å². The van der Waals surface area contributed by atoms with E-state index >= 15 is 0 Å². The van der Waals surface area contributed by atoms with Crippen LogP contribution in [-0.2, 0) is 21.8 Å². The second-order valence-corrected chi connectivity index (χ2v) is 10.4. The summed E-state index contributed by atoms with van der Waals surface area (Å²) in [7, 11) is 0. The van der Waals surface area contributed by atoms with Crippen LogP contribution in [0.5, 0.6) is 0 Å². The molecule has 1 aliphatic heterocycles. The first-order valence-corrected chi connectivity index (χ1v) is 12.7. The number of benzene rings is 1. The molecule has 1 saturated heterocycles. The maximum atomic E-state index is 14.8. The fourth-order valence-corrected chi connectivity index (χ4v) is 5.03. The zero-order chi connectivity index (χ0) is 25.6. The van der Waals surface area contributed by atoms with E-state index in [0.717, 1.165) is 16.0 Å². The normalized spacial score (nSPS) is 16.7. The number of alkyl halides is 2. The number of halogens is 2. The van der Waals surface area contributed by atoms with E-state index in [-0.39, 0.29) is 30.3 Å². The fraction of sp³-hybridized carbons (Fsp3) is 0.481. The number of carbonyl (C=O) groups excluding carboxylic acids is 2. The van der Waals surface area contributed by atoms with Crippen molar-refractivity contribution in [2.75, 3.05) is 13.2 Å². The number of ether oxygens (including phenoxy) is 2. The first-order chi connectivity index (χ1) is 16.5. The molecule has 2 heterocycles. The van der Waals surface area contributed by atoms with E-state index in [4.69, 9.17) is 9.47 Å². The summed E-state index contributed by atoms with van der Waals surface area (Å²) >= 11 is 1.38. The lowest BCUT2D eigenvalue weighted by molar-refractivity contribution is -0.00133. The van der Waals surface area contributed by atoms with Crippen LogP contribution in [0.3, 0.4) is 0 Å². The second-order valence-electron chi connectivity index (χ2n) is 9.20. The van der Waals surface area contributed by atoms with Gasteiger partial charge in [-0.1, -0.05) is 41.5 Å². The Hall–Kier alpha value is -2.74. The van der Waals surface area contributed by atoms with Gasteiger partial charge >= 0.3 is 12.1 Å². The molecule has 3 rings (SSSR count). The molecule has 0 saturated carbocycles. The van der Waals surface area contributed by atoms with Crippen LogP contribution < -0.4 is 0 Å². The van der Waals surface area contributed by atoms with Crippen LogP contribution in [-0.4, -0.2) is 42.3 Å². The molecular weight excluding hydrogens is 472 g/mol. The summed E-state index contributed by atoms with van der Waals surface area (Å²) < 4.78 is 40.0. The minimum atomic E-state index is -2.99. The van der Waals surface area contributed by atoms with Gasteiger partial charge in [-0.2, -0.15) is 0 Å². The highest BCUT2D eigenvalue weighted by molar-refractivity contribution is 7.13. The van der Waals surface area contributed by atoms with Gasteiger partial charge in [0.2, 0.25) is 0 Å². The molecule has 5 nitrogen and oxygen atoms in total. The number of hydrogen-bond donors (Lipinski definition) is 0. The topological polar surface area (TPSA) is 55.8 Å². The van der Waals surface area contributed by atoms with Gasteiger partial charge in [0.1, 0.15) is 4.88 Å². The minimum absolute atomic E-state index is 0.00662. The second kappa shape index (κ2) is 11.8. The third kappa shape index (κ3) is 7.62. The SMILES string of the molecule is Cc1cc(C)cc(C(F)(F)C/C=C/[C@H]2CCOC(=O)N2CCCc2ccc(C(=O)OC(C)C)s2)c1. The smallest absolute Gasteiger partial charge is 0.410 e. The molecular formula is C27H33F2NO4S. The van der Waals surface area contributed by atoms with Gasteiger partial charge in [-0.25, -0.2) is 18.4 Å². The number of cyclic esters (lactones) is 1. The summed E-state index contributed by atoms with van der Waals surface area (Å²) in [5, 5.41) is 0. The van der Waals surface area contributed by atoms with Crippen LogP contribution in [0.15, 0.2) is 42.5 Å². The van der Waals surface area contributed by atoms with Gasteiger partial charge in [-0.15, -0.1) is 11.3 Å². The molecule has 1 aliphatic rings. The Morgan fingerprint density at radius 2 is 1.97 bits per heavy atom. The van der Waals surface area contributed by atoms with Gasteiger partial charge in [0.25, 0.3) is 5.92 Å². The van der Waals surface area contributed by atoms with Gasteiger partial charge in [-0.05, 0) is 52.7 Å². The molecule has 190 valence electrons. The first-order valence-electron chi connectivity index (χ1n) is 11.9. The number of allylic oxidation sites excluding steroid dienone is 1. The Labute approximate surface area is 209 Å². The van der Waals surface area contributed by atoms with Crippen molar-refractivity contribution in [3.63, 3.8) is 0 Å². The van der Waals surface area contributed by atoms with E-state index in [9.17, 15) is 18.4 Å². The predicted molar refractivity (Wildman–Crippen MR) is 133 cm³/mol. The molecule has 1 aromatic carbocycles. The zero-order valence-corrected chi connectivity index (χ0v) is 21.5. The third-order valence-electron chi connectivity index (χ3n) is 5.68. The molecule has 0 bridgehead atoms. The lowest BCUT2D eigenvalue weighted by Gasteiger charge is -2.33. The zero-order valence-electron chi connectivity index (χ0n) is 20.7. The Morgan fingerprint density at radius 3 is 2.66 bits per heavy atom. The van der Waals surface area contributed by atoms with Crippen LogP contribution in [0.2, 0.25) is 0 Å². The number of aryl methyl sites for hydroxylation is 3. The van der Waals surface area contributed by atoms with Gasteiger partial charge in [0.15, 0.2) is 0 Å². The summed E-state index contributed by atoms with van der Waals surface area (Å²) in [5.74, 6) is -3.32. The maximum Gasteiger partial charge on any atom is 0.410 e. The summed E-state index contributed by atoms with van der Waals surface area (Å²) in [4.78, 5) is 27.6. The fourth-order valence-electron chi connectivity index (χ4n) is 4.09. The Bertz CT molecular complexity index is 1040. The molecule has 1 atom stereocenters. The molecule has 2 aromatic rings. The number of rotatable bonds is 10. The van der Waals surface area contributed by atoms with Crippen molar-refractivity contribution in [1.29, 1.82) is 0 Å². The summed E-state index contributed by atoms with van der Waals surface area (Å²) in [6.45, 7) is 7.93. The first kappa shape index (κ1) is 26.9. The van der Waals surface area contributed by atoms with E-state index in [1.54, 1.807) is 30.9 Å². The van der Waals surface area contributed by atoms with Crippen LogP contribution >= 0.6 is 11.3 Å². The van der Waals surface area contributed by atoms with E-state index in [2.05, 4.69) is 0 Å². The number of nitrogens with zero attached hydrogens (tertiary/aromatic N) is 1. The van der Waals surface area contributed by atoms with Crippen molar-refractivity contribution in [3.05, 3.63) is 68.9 Å².